The summed E-state index contributed by atoms with van der Waals surface area (Å²) in [6.45, 7) is 3.29. The molecule has 2 aliphatic heterocycles. The molecule has 2 saturated heterocycles. The third-order valence-electron chi connectivity index (χ3n) is 6.41. The molecule has 0 atom stereocenters. The molecule has 6 nitrogen and oxygen atoms in total. The first-order valence-corrected chi connectivity index (χ1v) is 10.5. The Morgan fingerprint density at radius 1 is 0.964 bits per heavy atom. The van der Waals surface area contributed by atoms with E-state index in [2.05, 4.69) is 5.32 Å². The fourth-order valence-electron chi connectivity index (χ4n) is 4.64. The van der Waals surface area contributed by atoms with Gasteiger partial charge in [0.15, 0.2) is 5.79 Å². The molecule has 1 N–H and O–H groups in total. The molecule has 2 heterocycles. The van der Waals surface area contributed by atoms with Crippen molar-refractivity contribution in [2.75, 3.05) is 26.3 Å². The Labute approximate surface area is 166 Å². The Kier molecular flexibility index (Phi) is 5.97. The fourth-order valence-corrected chi connectivity index (χ4v) is 4.64. The first-order valence-electron chi connectivity index (χ1n) is 10.5. The van der Waals surface area contributed by atoms with Gasteiger partial charge in [0.1, 0.15) is 0 Å². The van der Waals surface area contributed by atoms with E-state index in [-0.39, 0.29) is 23.7 Å². The molecule has 1 saturated carbocycles. The smallest absolute Gasteiger partial charge is 0.225 e. The van der Waals surface area contributed by atoms with Crippen LogP contribution in [0.1, 0.15) is 44.1 Å². The minimum absolute atomic E-state index is 0.0256. The Balaban J connectivity index is 1.20. The van der Waals surface area contributed by atoms with Gasteiger partial charge in [-0.05, 0) is 31.2 Å². The molecule has 1 aliphatic carbocycles. The molecule has 28 heavy (non-hydrogen) atoms. The predicted octanol–water partition coefficient (Wildman–Crippen LogP) is 2.47. The lowest BCUT2D eigenvalue weighted by Gasteiger charge is -2.39. The maximum absolute atomic E-state index is 12.9. The zero-order chi connectivity index (χ0) is 19.4. The molecule has 0 bridgehead atoms. The van der Waals surface area contributed by atoms with Crippen LogP contribution in [-0.4, -0.2) is 48.8 Å². The minimum Gasteiger partial charge on any atom is -0.352 e. The maximum Gasteiger partial charge on any atom is 0.225 e. The number of amides is 2. The summed E-state index contributed by atoms with van der Waals surface area (Å²) in [7, 11) is 0. The van der Waals surface area contributed by atoms with Gasteiger partial charge in [-0.2, -0.15) is 0 Å². The molecule has 0 unspecified atom stereocenters. The molecular formula is C22H30N2O4. The van der Waals surface area contributed by atoms with Gasteiger partial charge in [-0.3, -0.25) is 9.59 Å². The van der Waals surface area contributed by atoms with Crippen LogP contribution >= 0.6 is 0 Å². The maximum atomic E-state index is 12.9. The van der Waals surface area contributed by atoms with E-state index in [1.54, 1.807) is 0 Å². The second-order valence-corrected chi connectivity index (χ2v) is 8.18. The lowest BCUT2D eigenvalue weighted by atomic mass is 9.80. The van der Waals surface area contributed by atoms with Gasteiger partial charge in [0.05, 0.1) is 13.2 Å². The summed E-state index contributed by atoms with van der Waals surface area (Å²) in [5.41, 5.74) is 1.11. The minimum atomic E-state index is -0.439. The molecule has 0 aromatic heterocycles. The Morgan fingerprint density at radius 3 is 2.21 bits per heavy atom. The van der Waals surface area contributed by atoms with Crippen molar-refractivity contribution < 1.29 is 19.1 Å². The average Bonchev–Trinajstić information content (AvgIpc) is 3.21. The number of benzene rings is 1. The van der Waals surface area contributed by atoms with E-state index in [1.807, 2.05) is 35.2 Å². The summed E-state index contributed by atoms with van der Waals surface area (Å²) >= 11 is 0. The molecule has 2 amide bonds. The SMILES string of the molecule is O=C(NCc1ccccc1)C1CCC(C(=O)N2CCC3(CC2)OCCO3)CC1. The fraction of sp³-hybridized carbons (Fsp3) is 0.636. The summed E-state index contributed by atoms with van der Waals surface area (Å²) < 4.78 is 11.5. The highest BCUT2D eigenvalue weighted by molar-refractivity contribution is 5.81. The van der Waals surface area contributed by atoms with Crippen molar-refractivity contribution in [1.29, 1.82) is 0 Å². The van der Waals surface area contributed by atoms with Crippen LogP contribution in [0.25, 0.3) is 0 Å². The highest BCUT2D eigenvalue weighted by atomic mass is 16.7. The van der Waals surface area contributed by atoms with E-state index in [0.29, 0.717) is 32.8 Å². The van der Waals surface area contributed by atoms with Gasteiger partial charge in [-0.25, -0.2) is 0 Å². The number of piperidine rings is 1. The van der Waals surface area contributed by atoms with Crippen molar-refractivity contribution >= 4 is 11.8 Å². The zero-order valence-corrected chi connectivity index (χ0v) is 16.4. The van der Waals surface area contributed by atoms with Gasteiger partial charge in [0, 0.05) is 44.3 Å². The molecule has 1 aromatic carbocycles. The summed E-state index contributed by atoms with van der Waals surface area (Å²) in [4.78, 5) is 27.3. The van der Waals surface area contributed by atoms with E-state index in [0.717, 1.165) is 44.1 Å². The third kappa shape index (κ3) is 4.39. The van der Waals surface area contributed by atoms with Crippen molar-refractivity contribution in [1.82, 2.24) is 10.2 Å². The summed E-state index contributed by atoms with van der Waals surface area (Å²) in [6, 6.07) is 9.96. The molecule has 3 fully saturated rings. The normalized spacial score (nSPS) is 26.9. The van der Waals surface area contributed by atoms with Gasteiger partial charge in [0.25, 0.3) is 0 Å². The Morgan fingerprint density at radius 2 is 1.57 bits per heavy atom. The number of nitrogens with one attached hydrogen (secondary N) is 1. The van der Waals surface area contributed by atoms with Crippen LogP contribution in [0.15, 0.2) is 30.3 Å². The zero-order valence-electron chi connectivity index (χ0n) is 16.4. The van der Waals surface area contributed by atoms with E-state index in [4.69, 9.17) is 9.47 Å². The van der Waals surface area contributed by atoms with Crippen LogP contribution in [0.4, 0.5) is 0 Å². The number of rotatable bonds is 4. The lowest BCUT2D eigenvalue weighted by molar-refractivity contribution is -0.188. The first kappa shape index (κ1) is 19.4. The number of carbonyl (C=O) groups is 2. The number of likely N-dealkylation sites (tertiary alicyclic amines) is 1. The standard InChI is InChI=1S/C22H30N2O4/c25-20(23-16-17-4-2-1-3-5-17)18-6-8-19(9-7-18)21(26)24-12-10-22(11-13-24)27-14-15-28-22/h1-5,18-19H,6-16H2,(H,23,25). The van der Waals surface area contributed by atoms with Gasteiger partial charge in [-0.1, -0.05) is 30.3 Å². The number of hydrogen-bond donors (Lipinski definition) is 1. The van der Waals surface area contributed by atoms with Crippen LogP contribution in [-0.2, 0) is 25.6 Å². The monoisotopic (exact) mass is 386 g/mol. The predicted molar refractivity (Wildman–Crippen MR) is 104 cm³/mol. The van der Waals surface area contributed by atoms with Gasteiger partial charge >= 0.3 is 0 Å². The van der Waals surface area contributed by atoms with Crippen molar-refractivity contribution in [3.63, 3.8) is 0 Å². The van der Waals surface area contributed by atoms with Crippen LogP contribution in [0.5, 0.6) is 0 Å². The first-order chi connectivity index (χ1) is 13.7. The molecule has 1 spiro atoms. The van der Waals surface area contributed by atoms with Crippen molar-refractivity contribution in [2.45, 2.75) is 50.9 Å². The molecule has 152 valence electrons. The number of carbonyl (C=O) groups excluding carboxylic acids is 2. The Hall–Kier alpha value is -1.92. The van der Waals surface area contributed by atoms with Gasteiger partial charge < -0.3 is 19.7 Å². The highest BCUT2D eigenvalue weighted by Gasteiger charge is 2.42. The van der Waals surface area contributed by atoms with Crippen LogP contribution in [0.3, 0.4) is 0 Å². The lowest BCUT2D eigenvalue weighted by Crippen LogP contribution is -2.49. The number of ether oxygens (including phenoxy) is 2. The largest absolute Gasteiger partial charge is 0.352 e. The second-order valence-electron chi connectivity index (χ2n) is 8.18. The molecule has 4 rings (SSSR count). The van der Waals surface area contributed by atoms with Crippen LogP contribution < -0.4 is 5.32 Å². The summed E-state index contributed by atoms with van der Waals surface area (Å²) in [5.74, 6) is 0.00200. The highest BCUT2D eigenvalue weighted by Crippen LogP contribution is 2.34. The molecule has 3 aliphatic rings. The molecular weight excluding hydrogens is 356 g/mol. The number of nitrogens with zero attached hydrogens (tertiary/aromatic N) is 1. The molecule has 1 aromatic rings. The Bertz CT molecular complexity index is 669. The van der Waals surface area contributed by atoms with Crippen molar-refractivity contribution in [3.8, 4) is 0 Å². The van der Waals surface area contributed by atoms with E-state index < -0.39 is 5.79 Å². The van der Waals surface area contributed by atoms with Crippen molar-refractivity contribution in [3.05, 3.63) is 35.9 Å². The van der Waals surface area contributed by atoms with Gasteiger partial charge in [0.2, 0.25) is 11.8 Å². The summed E-state index contributed by atoms with van der Waals surface area (Å²) in [5, 5.41) is 3.04. The molecule has 0 radical (unpaired) electrons. The second kappa shape index (κ2) is 8.62. The van der Waals surface area contributed by atoms with E-state index in [1.165, 1.54) is 0 Å². The topological polar surface area (TPSA) is 67.9 Å². The summed E-state index contributed by atoms with van der Waals surface area (Å²) in [6.07, 6.45) is 4.71. The third-order valence-corrected chi connectivity index (χ3v) is 6.41. The quantitative estimate of drug-likeness (QED) is 0.863. The van der Waals surface area contributed by atoms with Crippen LogP contribution in [0, 0.1) is 11.8 Å². The number of hydrogen-bond acceptors (Lipinski definition) is 4. The van der Waals surface area contributed by atoms with E-state index >= 15 is 0 Å². The van der Waals surface area contributed by atoms with Gasteiger partial charge in [-0.15, -0.1) is 0 Å². The van der Waals surface area contributed by atoms with E-state index in [9.17, 15) is 9.59 Å². The molecule has 6 heteroatoms. The van der Waals surface area contributed by atoms with Crippen LogP contribution in [0.2, 0.25) is 0 Å². The average molecular weight is 386 g/mol. The van der Waals surface area contributed by atoms with Crippen molar-refractivity contribution in [2.24, 2.45) is 11.8 Å².